The van der Waals surface area contributed by atoms with Crippen LogP contribution in [0.4, 0.5) is 0 Å². The molecule has 0 aliphatic carbocycles. The van der Waals surface area contributed by atoms with E-state index in [1.807, 2.05) is 13.8 Å². The Morgan fingerprint density at radius 2 is 1.36 bits per heavy atom. The predicted octanol–water partition coefficient (Wildman–Crippen LogP) is 4.36. The van der Waals surface area contributed by atoms with Crippen LogP contribution in [0.2, 0.25) is 0 Å². The SMILES string of the molecule is CC=CC(C)(C=CC)SOC(C)(C)C. The van der Waals surface area contributed by atoms with Crippen molar-refractivity contribution in [3.8, 4) is 0 Å². The van der Waals surface area contributed by atoms with Crippen molar-refractivity contribution in [3.05, 3.63) is 24.3 Å². The fourth-order valence-corrected chi connectivity index (χ4v) is 1.80. The quantitative estimate of drug-likeness (QED) is 0.508. The van der Waals surface area contributed by atoms with Gasteiger partial charge in [0, 0.05) is 12.0 Å². The maximum Gasteiger partial charge on any atom is 0.0753 e. The molecule has 0 aliphatic rings. The van der Waals surface area contributed by atoms with Gasteiger partial charge in [-0.25, -0.2) is 0 Å². The van der Waals surface area contributed by atoms with Gasteiger partial charge < -0.3 is 4.18 Å². The number of hydrogen-bond acceptors (Lipinski definition) is 2. The maximum absolute atomic E-state index is 5.71. The third-order valence-corrected chi connectivity index (χ3v) is 2.68. The first-order valence-electron chi connectivity index (χ1n) is 4.97. The maximum atomic E-state index is 5.71. The first-order chi connectivity index (χ1) is 6.33. The first kappa shape index (κ1) is 13.8. The van der Waals surface area contributed by atoms with E-state index in [1.165, 1.54) is 12.0 Å². The van der Waals surface area contributed by atoms with Crippen LogP contribution in [0.25, 0.3) is 0 Å². The van der Waals surface area contributed by atoms with Crippen LogP contribution in [-0.2, 0) is 4.18 Å². The highest BCUT2D eigenvalue weighted by Gasteiger charge is 2.22. The van der Waals surface area contributed by atoms with E-state index >= 15 is 0 Å². The average Bonchev–Trinajstić information content (AvgIpc) is 2.01. The zero-order valence-corrected chi connectivity index (χ0v) is 10.9. The van der Waals surface area contributed by atoms with Crippen molar-refractivity contribution in [1.82, 2.24) is 0 Å². The van der Waals surface area contributed by atoms with Gasteiger partial charge in [-0.3, -0.25) is 0 Å². The predicted molar refractivity (Wildman–Crippen MR) is 66.5 cm³/mol. The lowest BCUT2D eigenvalue weighted by atomic mass is 10.1. The van der Waals surface area contributed by atoms with Gasteiger partial charge in [-0.15, -0.1) is 0 Å². The summed E-state index contributed by atoms with van der Waals surface area (Å²) in [5, 5.41) is 0. The largest absolute Gasteiger partial charge is 0.308 e. The smallest absolute Gasteiger partial charge is 0.0753 e. The van der Waals surface area contributed by atoms with Gasteiger partial charge in [0.05, 0.1) is 10.3 Å². The summed E-state index contributed by atoms with van der Waals surface area (Å²) in [5.41, 5.74) is -0.102. The molecule has 82 valence electrons. The highest BCUT2D eigenvalue weighted by molar-refractivity contribution is 7.96. The van der Waals surface area contributed by atoms with Gasteiger partial charge >= 0.3 is 0 Å². The Morgan fingerprint density at radius 3 is 1.64 bits per heavy atom. The second kappa shape index (κ2) is 5.62. The van der Waals surface area contributed by atoms with Gasteiger partial charge in [0.25, 0.3) is 0 Å². The van der Waals surface area contributed by atoms with Crippen molar-refractivity contribution in [3.63, 3.8) is 0 Å². The molecule has 0 spiro atoms. The Bertz CT molecular complexity index is 199. The molecule has 0 bridgehead atoms. The monoisotopic (exact) mass is 214 g/mol. The van der Waals surface area contributed by atoms with Crippen molar-refractivity contribution in [1.29, 1.82) is 0 Å². The summed E-state index contributed by atoms with van der Waals surface area (Å²) in [5.74, 6) is 0. The second-order valence-corrected chi connectivity index (χ2v) is 5.68. The lowest BCUT2D eigenvalue weighted by Crippen LogP contribution is -2.21. The third-order valence-electron chi connectivity index (χ3n) is 1.47. The van der Waals surface area contributed by atoms with Gasteiger partial charge in [0.15, 0.2) is 0 Å². The molecule has 0 aliphatic heterocycles. The molecule has 0 rings (SSSR count). The van der Waals surface area contributed by atoms with E-state index in [1.54, 1.807) is 0 Å². The summed E-state index contributed by atoms with van der Waals surface area (Å²) in [6.07, 6.45) is 8.39. The fraction of sp³-hybridized carbons (Fsp3) is 0.667. The van der Waals surface area contributed by atoms with Crippen LogP contribution < -0.4 is 0 Å². The molecular weight excluding hydrogens is 192 g/mol. The van der Waals surface area contributed by atoms with Crippen LogP contribution in [-0.4, -0.2) is 10.3 Å². The average molecular weight is 214 g/mol. The second-order valence-electron chi connectivity index (χ2n) is 4.46. The molecule has 0 N–H and O–H groups in total. The van der Waals surface area contributed by atoms with Crippen molar-refractivity contribution < 1.29 is 4.18 Å². The van der Waals surface area contributed by atoms with E-state index in [0.717, 1.165) is 0 Å². The van der Waals surface area contributed by atoms with Crippen molar-refractivity contribution in [2.45, 2.75) is 51.9 Å². The Kier molecular flexibility index (Phi) is 5.53. The third kappa shape index (κ3) is 6.28. The van der Waals surface area contributed by atoms with Crippen LogP contribution >= 0.6 is 12.0 Å². The van der Waals surface area contributed by atoms with E-state index in [2.05, 4.69) is 52.0 Å². The zero-order chi connectivity index (χ0) is 11.2. The van der Waals surface area contributed by atoms with Crippen molar-refractivity contribution in [2.24, 2.45) is 0 Å². The lowest BCUT2D eigenvalue weighted by molar-refractivity contribution is 0.163. The van der Waals surface area contributed by atoms with Gasteiger partial charge in [0.2, 0.25) is 0 Å². The molecule has 1 nitrogen and oxygen atoms in total. The Balaban J connectivity index is 4.38. The van der Waals surface area contributed by atoms with Gasteiger partial charge in [0.1, 0.15) is 0 Å². The molecule has 0 aromatic rings. The highest BCUT2D eigenvalue weighted by atomic mass is 32.2. The first-order valence-corrected chi connectivity index (χ1v) is 5.72. The Labute approximate surface area is 92.8 Å². The van der Waals surface area contributed by atoms with Crippen LogP contribution in [0.15, 0.2) is 24.3 Å². The van der Waals surface area contributed by atoms with Crippen LogP contribution in [0.5, 0.6) is 0 Å². The standard InChI is InChI=1S/C12H22OS/c1-7-9-12(6,10-8-2)14-13-11(3,4)5/h7-10H,1-6H3. The van der Waals surface area contributed by atoms with E-state index in [-0.39, 0.29) is 10.3 Å². The minimum atomic E-state index is -0.102. The van der Waals surface area contributed by atoms with Crippen LogP contribution in [0.3, 0.4) is 0 Å². The van der Waals surface area contributed by atoms with Crippen molar-refractivity contribution in [2.75, 3.05) is 0 Å². The molecule has 0 fully saturated rings. The highest BCUT2D eigenvalue weighted by Crippen LogP contribution is 2.32. The summed E-state index contributed by atoms with van der Waals surface area (Å²) in [7, 11) is 0. The summed E-state index contributed by atoms with van der Waals surface area (Å²) >= 11 is 1.51. The molecule has 0 aromatic heterocycles. The number of allylic oxidation sites excluding steroid dienone is 2. The van der Waals surface area contributed by atoms with E-state index in [4.69, 9.17) is 4.18 Å². The van der Waals surface area contributed by atoms with E-state index < -0.39 is 0 Å². The Morgan fingerprint density at radius 1 is 0.929 bits per heavy atom. The molecule has 0 radical (unpaired) electrons. The van der Waals surface area contributed by atoms with Gasteiger partial charge in [-0.2, -0.15) is 0 Å². The number of hydrogen-bond donors (Lipinski definition) is 0. The molecule has 14 heavy (non-hydrogen) atoms. The van der Waals surface area contributed by atoms with E-state index in [9.17, 15) is 0 Å². The molecule has 0 heterocycles. The van der Waals surface area contributed by atoms with Crippen LogP contribution in [0, 0.1) is 0 Å². The molecule has 0 aromatic carbocycles. The molecule has 0 saturated heterocycles. The molecule has 0 atom stereocenters. The topological polar surface area (TPSA) is 9.23 Å². The summed E-state index contributed by atoms with van der Waals surface area (Å²) in [6.45, 7) is 12.4. The molecule has 0 unspecified atom stereocenters. The minimum absolute atomic E-state index is 0.0588. The normalized spacial score (nSPS) is 17.9. The number of rotatable bonds is 4. The zero-order valence-electron chi connectivity index (χ0n) is 10.1. The lowest BCUT2D eigenvalue weighted by Gasteiger charge is -2.26. The molecule has 0 saturated carbocycles. The molecular formula is C12H22OS. The fourth-order valence-electron chi connectivity index (χ4n) is 0.988. The molecule has 0 amide bonds. The Hall–Kier alpha value is -0.210. The molecule has 2 heteroatoms. The summed E-state index contributed by atoms with van der Waals surface area (Å²) in [6, 6.07) is 0. The van der Waals surface area contributed by atoms with Gasteiger partial charge in [-0.05, 0) is 41.5 Å². The summed E-state index contributed by atoms with van der Waals surface area (Å²) < 4.78 is 5.65. The summed E-state index contributed by atoms with van der Waals surface area (Å²) in [4.78, 5) is 0. The van der Waals surface area contributed by atoms with E-state index in [0.29, 0.717) is 0 Å². The van der Waals surface area contributed by atoms with Crippen LogP contribution in [0.1, 0.15) is 41.5 Å². The van der Waals surface area contributed by atoms with Crippen molar-refractivity contribution >= 4 is 12.0 Å². The van der Waals surface area contributed by atoms with Gasteiger partial charge in [-0.1, -0.05) is 24.3 Å². The minimum Gasteiger partial charge on any atom is -0.308 e.